The number of esters is 1. The number of aliphatic hydroxyl groups is 2. The third kappa shape index (κ3) is 5.62. The zero-order valence-corrected chi connectivity index (χ0v) is 31.5. The molecule has 5 rings (SSSR count). The fraction of sp³-hybridized carbons (Fsp3) is 0.875. The van der Waals surface area contributed by atoms with Gasteiger partial charge < -0.3 is 25.4 Å². The van der Waals surface area contributed by atoms with Gasteiger partial charge in [0.05, 0.1) is 24.0 Å². The van der Waals surface area contributed by atoms with E-state index in [2.05, 4.69) is 53.8 Å². The molecule has 0 saturated heterocycles. The summed E-state index contributed by atoms with van der Waals surface area (Å²) >= 11 is 0. The summed E-state index contributed by atoms with van der Waals surface area (Å²) in [7, 11) is 0. The molecule has 4 N–H and O–H groups in total. The quantitative estimate of drug-likeness (QED) is 0.188. The molecule has 1 unspecified atom stereocenters. The number of carbonyl (C=O) groups excluding carboxylic acids is 2. The summed E-state index contributed by atoms with van der Waals surface area (Å²) in [6.45, 7) is 22.0. The van der Waals surface area contributed by atoms with Gasteiger partial charge in [-0.3, -0.25) is 14.4 Å². The standard InChI is InChI=1S/C40H65NO7/c1-23(2)32-26(43)19-40(29(44)22-41-21-24(3)42)18-17-38(9)25(33(32)40)11-12-28-37(8)15-14-30(48-31(45)20-35(4,5)34(46)47)36(6,7)27(37)13-16-39(28,38)10/h23-25,27-30,41-42,44H,11-22H2,1-10H3,(H,46,47)/t24-,25+,27-,28+,29?,30-,37-,38+,39+,40-/m0/s1. The monoisotopic (exact) mass is 671 g/mol. The Morgan fingerprint density at radius 3 is 2.17 bits per heavy atom. The number of ether oxygens (including phenoxy) is 1. The molecule has 0 bridgehead atoms. The maximum atomic E-state index is 13.8. The van der Waals surface area contributed by atoms with Crippen LogP contribution in [0.2, 0.25) is 0 Å². The fourth-order valence-corrected chi connectivity index (χ4v) is 12.5. The Morgan fingerprint density at radius 2 is 1.56 bits per heavy atom. The van der Waals surface area contributed by atoms with Gasteiger partial charge in [0.15, 0.2) is 5.78 Å². The molecule has 4 fully saturated rings. The Morgan fingerprint density at radius 1 is 0.896 bits per heavy atom. The van der Waals surface area contributed by atoms with E-state index in [1.165, 1.54) is 5.57 Å². The second-order valence-electron chi connectivity index (χ2n) is 19.1. The smallest absolute Gasteiger partial charge is 0.309 e. The summed E-state index contributed by atoms with van der Waals surface area (Å²) in [6.07, 6.45) is 6.54. The van der Waals surface area contributed by atoms with Crippen molar-refractivity contribution < 1.29 is 34.4 Å². The van der Waals surface area contributed by atoms with Gasteiger partial charge in [-0.2, -0.15) is 0 Å². The van der Waals surface area contributed by atoms with Crippen molar-refractivity contribution >= 4 is 17.7 Å². The van der Waals surface area contributed by atoms with Gasteiger partial charge in [-0.15, -0.1) is 0 Å². The zero-order valence-electron chi connectivity index (χ0n) is 31.5. The van der Waals surface area contributed by atoms with Gasteiger partial charge in [0, 0.05) is 30.3 Å². The SMILES string of the molecule is CC(C)C1=C2[C@H]3CC[C@@H]4[C@@]5(C)CC[C@H](OC(=O)CC(C)(C)C(=O)O)C(C)(C)[C@@H]5CC[C@@]4(C)[C@]3(C)CC[C@@]2(C(O)CNC[C@H](C)O)CC1=O. The van der Waals surface area contributed by atoms with Crippen LogP contribution in [0.5, 0.6) is 0 Å². The van der Waals surface area contributed by atoms with Crippen molar-refractivity contribution in [3.8, 4) is 0 Å². The molecule has 272 valence electrons. The average Bonchev–Trinajstić information content (AvgIpc) is 3.27. The molecule has 0 aromatic rings. The molecule has 0 aromatic carbocycles. The maximum absolute atomic E-state index is 13.8. The number of carboxylic acids is 1. The Hall–Kier alpha value is -1.77. The summed E-state index contributed by atoms with van der Waals surface area (Å²) in [5, 5.41) is 34.6. The van der Waals surface area contributed by atoms with Crippen LogP contribution >= 0.6 is 0 Å². The number of fused-ring (bicyclic) bond motifs is 7. The Bertz CT molecular complexity index is 1330. The van der Waals surface area contributed by atoms with Gasteiger partial charge in [0.25, 0.3) is 0 Å². The van der Waals surface area contributed by atoms with E-state index in [4.69, 9.17) is 4.74 Å². The number of rotatable bonds is 10. The number of ketones is 1. The van der Waals surface area contributed by atoms with Crippen molar-refractivity contribution in [2.24, 2.45) is 56.2 Å². The van der Waals surface area contributed by atoms with Gasteiger partial charge in [-0.25, -0.2) is 0 Å². The predicted molar refractivity (Wildman–Crippen MR) is 186 cm³/mol. The molecular weight excluding hydrogens is 606 g/mol. The predicted octanol–water partition coefficient (Wildman–Crippen LogP) is 6.71. The van der Waals surface area contributed by atoms with E-state index in [0.717, 1.165) is 56.9 Å². The van der Waals surface area contributed by atoms with Crippen LogP contribution in [-0.4, -0.2) is 64.4 Å². The first-order valence-electron chi connectivity index (χ1n) is 18.9. The molecule has 8 nitrogen and oxygen atoms in total. The highest BCUT2D eigenvalue weighted by molar-refractivity contribution is 6.00. The number of allylic oxidation sites excluding steroid dienone is 1. The Kier molecular flexibility index (Phi) is 9.74. The van der Waals surface area contributed by atoms with Crippen molar-refractivity contribution in [3.05, 3.63) is 11.1 Å². The molecule has 0 aliphatic heterocycles. The molecule has 0 amide bonds. The minimum absolute atomic E-state index is 0.0177. The van der Waals surface area contributed by atoms with E-state index in [-0.39, 0.29) is 51.8 Å². The average molecular weight is 672 g/mol. The van der Waals surface area contributed by atoms with Crippen LogP contribution in [0, 0.1) is 56.2 Å². The molecule has 0 heterocycles. The summed E-state index contributed by atoms with van der Waals surface area (Å²) < 4.78 is 6.14. The number of aliphatic hydroxyl groups excluding tert-OH is 2. The highest BCUT2D eigenvalue weighted by Crippen LogP contribution is 2.77. The van der Waals surface area contributed by atoms with E-state index in [0.29, 0.717) is 31.3 Å². The molecule has 0 radical (unpaired) electrons. The molecule has 48 heavy (non-hydrogen) atoms. The van der Waals surface area contributed by atoms with Crippen molar-refractivity contribution in [1.29, 1.82) is 0 Å². The maximum Gasteiger partial charge on any atom is 0.309 e. The molecule has 8 heteroatoms. The lowest BCUT2D eigenvalue weighted by atomic mass is 9.33. The number of Topliss-reactive ketones (excluding diaryl/α,β-unsaturated/α-hetero) is 1. The van der Waals surface area contributed by atoms with Crippen LogP contribution in [0.25, 0.3) is 0 Å². The van der Waals surface area contributed by atoms with Crippen LogP contribution in [0.4, 0.5) is 0 Å². The van der Waals surface area contributed by atoms with Crippen molar-refractivity contribution in [2.45, 2.75) is 152 Å². The summed E-state index contributed by atoms with van der Waals surface area (Å²) in [6, 6.07) is 0. The molecule has 4 saturated carbocycles. The lowest BCUT2D eigenvalue weighted by Gasteiger charge is -2.72. The van der Waals surface area contributed by atoms with Gasteiger partial charge in [-0.1, -0.05) is 54.0 Å². The third-order valence-electron chi connectivity index (χ3n) is 15.3. The van der Waals surface area contributed by atoms with Crippen molar-refractivity contribution in [2.75, 3.05) is 13.1 Å². The first-order valence-corrected chi connectivity index (χ1v) is 18.9. The first kappa shape index (κ1) is 37.5. The number of hydrogen-bond donors (Lipinski definition) is 4. The minimum Gasteiger partial charge on any atom is -0.481 e. The normalized spacial score (nSPS) is 40.4. The molecule has 5 aliphatic carbocycles. The van der Waals surface area contributed by atoms with Crippen molar-refractivity contribution in [1.82, 2.24) is 5.32 Å². The molecule has 0 aromatic heterocycles. The van der Waals surface area contributed by atoms with E-state index < -0.39 is 35.0 Å². The van der Waals surface area contributed by atoms with Gasteiger partial charge in [0.2, 0.25) is 0 Å². The summed E-state index contributed by atoms with van der Waals surface area (Å²) in [4.78, 5) is 38.6. The van der Waals surface area contributed by atoms with Crippen LogP contribution in [0.3, 0.4) is 0 Å². The minimum atomic E-state index is -1.16. The number of aliphatic carboxylic acids is 1. The van der Waals surface area contributed by atoms with Crippen LogP contribution in [0.1, 0.15) is 133 Å². The zero-order chi connectivity index (χ0) is 35.8. The number of nitrogens with one attached hydrogen (secondary N) is 1. The lowest BCUT2D eigenvalue weighted by molar-refractivity contribution is -0.235. The summed E-state index contributed by atoms with van der Waals surface area (Å²) in [5.41, 5.74) is 0.369. The number of hydrogen-bond acceptors (Lipinski definition) is 7. The second kappa shape index (κ2) is 12.5. The molecule has 0 spiro atoms. The van der Waals surface area contributed by atoms with E-state index in [1.54, 1.807) is 20.8 Å². The highest BCUT2D eigenvalue weighted by Gasteiger charge is 2.70. The van der Waals surface area contributed by atoms with Crippen LogP contribution < -0.4 is 5.32 Å². The largest absolute Gasteiger partial charge is 0.481 e. The molecular formula is C40H65NO7. The lowest BCUT2D eigenvalue weighted by Crippen LogP contribution is -2.66. The summed E-state index contributed by atoms with van der Waals surface area (Å²) in [5.74, 6) is -0.0114. The molecule has 10 atom stereocenters. The Labute approximate surface area is 289 Å². The fourth-order valence-electron chi connectivity index (χ4n) is 12.5. The van der Waals surface area contributed by atoms with Crippen LogP contribution in [-0.2, 0) is 19.1 Å². The third-order valence-corrected chi connectivity index (χ3v) is 15.3. The van der Waals surface area contributed by atoms with Crippen LogP contribution in [0.15, 0.2) is 11.1 Å². The molecule has 5 aliphatic rings. The Balaban J connectivity index is 1.44. The van der Waals surface area contributed by atoms with Gasteiger partial charge in [-0.05, 0) is 118 Å². The van der Waals surface area contributed by atoms with Gasteiger partial charge in [0.1, 0.15) is 6.10 Å². The van der Waals surface area contributed by atoms with Crippen molar-refractivity contribution in [3.63, 3.8) is 0 Å². The topological polar surface area (TPSA) is 133 Å². The van der Waals surface area contributed by atoms with E-state index in [9.17, 15) is 29.7 Å². The first-order chi connectivity index (χ1) is 22.1. The number of carboxylic acid groups (broad SMARTS) is 1. The van der Waals surface area contributed by atoms with E-state index in [1.807, 2.05) is 0 Å². The highest BCUT2D eigenvalue weighted by atomic mass is 16.5. The van der Waals surface area contributed by atoms with Gasteiger partial charge >= 0.3 is 11.9 Å². The number of carbonyl (C=O) groups is 3. The second-order valence-corrected chi connectivity index (χ2v) is 19.1. The van der Waals surface area contributed by atoms with E-state index >= 15 is 0 Å².